The van der Waals surface area contributed by atoms with Crippen LogP contribution in [0.2, 0.25) is 0 Å². The molecule has 1 atom stereocenters. The lowest BCUT2D eigenvalue weighted by Crippen LogP contribution is -2.39. The van der Waals surface area contributed by atoms with Gasteiger partial charge in [-0.2, -0.15) is 4.98 Å². The molecule has 3 rings (SSSR count). The molecule has 0 radical (unpaired) electrons. The van der Waals surface area contributed by atoms with E-state index in [1.165, 1.54) is 32.2 Å². The second-order valence-electron chi connectivity index (χ2n) is 5.63. The first-order valence-corrected chi connectivity index (χ1v) is 7.35. The Bertz CT molecular complexity index is 414. The number of piperidine rings is 1. The highest BCUT2D eigenvalue weighted by atomic mass is 16.5. The zero-order valence-corrected chi connectivity index (χ0v) is 11.6. The summed E-state index contributed by atoms with van der Waals surface area (Å²) in [6, 6.07) is 6.75. The summed E-state index contributed by atoms with van der Waals surface area (Å²) in [6.45, 7) is 3.45. The maximum atomic E-state index is 5.25. The Morgan fingerprint density at radius 3 is 2.95 bits per heavy atom. The van der Waals surface area contributed by atoms with Crippen LogP contribution in [0.4, 0.5) is 5.82 Å². The minimum absolute atomic E-state index is 0.696. The number of nitrogens with zero attached hydrogens (tertiary/aromatic N) is 2. The van der Waals surface area contributed by atoms with Crippen LogP contribution in [0.1, 0.15) is 25.7 Å². The molecular formula is C15H23N3O. The summed E-state index contributed by atoms with van der Waals surface area (Å²) in [6.07, 6.45) is 5.24. The number of aromatic nitrogens is 1. The molecule has 1 N–H and O–H groups in total. The average Bonchev–Trinajstić information content (AvgIpc) is 3.30. The lowest BCUT2D eigenvalue weighted by Gasteiger charge is -2.31. The van der Waals surface area contributed by atoms with Crippen molar-refractivity contribution in [2.24, 2.45) is 5.92 Å². The van der Waals surface area contributed by atoms with Gasteiger partial charge in [0.1, 0.15) is 5.82 Å². The second kappa shape index (κ2) is 5.78. The van der Waals surface area contributed by atoms with Gasteiger partial charge in [-0.25, -0.2) is 0 Å². The van der Waals surface area contributed by atoms with Crippen LogP contribution in [0.3, 0.4) is 0 Å². The van der Waals surface area contributed by atoms with E-state index in [2.05, 4.69) is 21.3 Å². The van der Waals surface area contributed by atoms with Gasteiger partial charge in [0.25, 0.3) is 0 Å². The van der Waals surface area contributed by atoms with Gasteiger partial charge in [0, 0.05) is 18.7 Å². The topological polar surface area (TPSA) is 37.4 Å². The van der Waals surface area contributed by atoms with Crippen molar-refractivity contribution in [3.8, 4) is 5.88 Å². The number of rotatable bonds is 5. The maximum absolute atomic E-state index is 5.25. The normalized spacial score (nSPS) is 23.1. The van der Waals surface area contributed by atoms with Crippen molar-refractivity contribution in [3.05, 3.63) is 18.2 Å². The molecule has 2 fully saturated rings. The van der Waals surface area contributed by atoms with E-state index in [-0.39, 0.29) is 0 Å². The molecule has 1 unspecified atom stereocenters. The maximum Gasteiger partial charge on any atom is 0.214 e. The average molecular weight is 261 g/mol. The van der Waals surface area contributed by atoms with E-state index in [1.54, 1.807) is 7.11 Å². The predicted molar refractivity (Wildman–Crippen MR) is 76.8 cm³/mol. The van der Waals surface area contributed by atoms with Crippen molar-refractivity contribution in [2.75, 3.05) is 31.6 Å². The van der Waals surface area contributed by atoms with E-state index in [4.69, 9.17) is 4.74 Å². The third kappa shape index (κ3) is 3.18. The summed E-state index contributed by atoms with van der Waals surface area (Å²) < 4.78 is 5.25. The molecule has 104 valence electrons. The van der Waals surface area contributed by atoms with E-state index in [1.807, 2.05) is 12.1 Å². The number of anilines is 1. The van der Waals surface area contributed by atoms with E-state index in [0.29, 0.717) is 11.9 Å². The van der Waals surface area contributed by atoms with Gasteiger partial charge in [0.05, 0.1) is 7.11 Å². The Labute approximate surface area is 115 Å². The molecule has 4 nitrogen and oxygen atoms in total. The lowest BCUT2D eigenvalue weighted by molar-refractivity contribution is 0.373. The molecule has 1 aromatic heterocycles. The lowest BCUT2D eigenvalue weighted by atomic mass is 9.99. The van der Waals surface area contributed by atoms with Crippen LogP contribution in [-0.2, 0) is 0 Å². The Kier molecular flexibility index (Phi) is 3.87. The van der Waals surface area contributed by atoms with Crippen molar-refractivity contribution in [1.29, 1.82) is 0 Å². The molecule has 1 aliphatic heterocycles. The molecule has 1 aromatic rings. The first-order valence-electron chi connectivity index (χ1n) is 7.35. The zero-order chi connectivity index (χ0) is 13.1. The van der Waals surface area contributed by atoms with Crippen LogP contribution in [0.25, 0.3) is 0 Å². The van der Waals surface area contributed by atoms with Crippen LogP contribution in [0.15, 0.2) is 18.2 Å². The molecule has 0 aromatic carbocycles. The van der Waals surface area contributed by atoms with Gasteiger partial charge < -0.3 is 15.0 Å². The summed E-state index contributed by atoms with van der Waals surface area (Å²) in [5.41, 5.74) is 0. The summed E-state index contributed by atoms with van der Waals surface area (Å²) in [7, 11) is 1.68. The fraction of sp³-hybridized carbons (Fsp3) is 0.667. The molecule has 1 saturated carbocycles. The molecular weight excluding hydrogens is 238 g/mol. The Balaban J connectivity index is 1.72. The van der Waals surface area contributed by atoms with E-state index in [9.17, 15) is 0 Å². The SMILES string of the molecule is COc1cccc(N(CC2CCCNC2)C2CC2)n1. The summed E-state index contributed by atoms with van der Waals surface area (Å²) in [5, 5.41) is 3.50. The van der Waals surface area contributed by atoms with Crippen molar-refractivity contribution in [3.63, 3.8) is 0 Å². The highest BCUT2D eigenvalue weighted by Gasteiger charge is 2.32. The number of nitrogens with one attached hydrogen (secondary N) is 1. The van der Waals surface area contributed by atoms with Crippen LogP contribution < -0.4 is 15.0 Å². The largest absolute Gasteiger partial charge is 0.481 e. The number of hydrogen-bond acceptors (Lipinski definition) is 4. The molecule has 19 heavy (non-hydrogen) atoms. The van der Waals surface area contributed by atoms with Gasteiger partial charge in [-0.3, -0.25) is 0 Å². The van der Waals surface area contributed by atoms with Gasteiger partial charge >= 0.3 is 0 Å². The van der Waals surface area contributed by atoms with Gasteiger partial charge in [-0.05, 0) is 50.8 Å². The summed E-state index contributed by atoms with van der Waals surface area (Å²) in [4.78, 5) is 7.09. The first-order chi connectivity index (χ1) is 9.36. The van der Waals surface area contributed by atoms with Crippen molar-refractivity contribution in [2.45, 2.75) is 31.7 Å². The van der Waals surface area contributed by atoms with Crippen LogP contribution >= 0.6 is 0 Å². The van der Waals surface area contributed by atoms with Crippen LogP contribution in [0.5, 0.6) is 5.88 Å². The fourth-order valence-corrected chi connectivity index (χ4v) is 2.85. The quantitative estimate of drug-likeness (QED) is 0.880. The van der Waals surface area contributed by atoms with Gasteiger partial charge in [-0.15, -0.1) is 0 Å². The standard InChI is InChI=1S/C15H23N3O/c1-19-15-6-2-5-14(17-15)18(13-7-8-13)11-12-4-3-9-16-10-12/h2,5-6,12-13,16H,3-4,7-11H2,1H3. The first kappa shape index (κ1) is 12.7. The molecule has 1 aliphatic carbocycles. The summed E-state index contributed by atoms with van der Waals surface area (Å²) >= 11 is 0. The number of methoxy groups -OCH3 is 1. The minimum atomic E-state index is 0.696. The molecule has 4 heteroatoms. The summed E-state index contributed by atoms with van der Waals surface area (Å²) in [5.74, 6) is 2.54. The molecule has 0 bridgehead atoms. The highest BCUT2D eigenvalue weighted by Crippen LogP contribution is 2.32. The van der Waals surface area contributed by atoms with E-state index < -0.39 is 0 Å². The van der Waals surface area contributed by atoms with Gasteiger partial charge in [0.2, 0.25) is 5.88 Å². The minimum Gasteiger partial charge on any atom is -0.481 e. The highest BCUT2D eigenvalue weighted by molar-refractivity contribution is 5.43. The fourth-order valence-electron chi connectivity index (χ4n) is 2.85. The Morgan fingerprint density at radius 1 is 1.37 bits per heavy atom. The third-order valence-corrected chi connectivity index (χ3v) is 4.05. The van der Waals surface area contributed by atoms with Crippen molar-refractivity contribution >= 4 is 5.82 Å². The monoisotopic (exact) mass is 261 g/mol. The number of ether oxygens (including phenoxy) is 1. The Hall–Kier alpha value is -1.29. The van der Waals surface area contributed by atoms with Gasteiger partial charge in [-0.1, -0.05) is 6.07 Å². The predicted octanol–water partition coefficient (Wildman–Crippen LogP) is 2.06. The number of hydrogen-bond donors (Lipinski definition) is 1. The molecule has 2 heterocycles. The molecule has 0 spiro atoms. The van der Waals surface area contributed by atoms with Crippen LogP contribution in [-0.4, -0.2) is 37.8 Å². The smallest absolute Gasteiger partial charge is 0.214 e. The molecule has 2 aliphatic rings. The van der Waals surface area contributed by atoms with Crippen molar-refractivity contribution < 1.29 is 4.74 Å². The molecule has 1 saturated heterocycles. The second-order valence-corrected chi connectivity index (χ2v) is 5.63. The van der Waals surface area contributed by atoms with E-state index >= 15 is 0 Å². The van der Waals surface area contributed by atoms with Gasteiger partial charge in [0.15, 0.2) is 0 Å². The molecule has 0 amide bonds. The van der Waals surface area contributed by atoms with Crippen LogP contribution in [0, 0.1) is 5.92 Å². The van der Waals surface area contributed by atoms with E-state index in [0.717, 1.165) is 24.8 Å². The third-order valence-electron chi connectivity index (χ3n) is 4.05. The van der Waals surface area contributed by atoms with Crippen molar-refractivity contribution in [1.82, 2.24) is 10.3 Å². The zero-order valence-electron chi connectivity index (χ0n) is 11.6. The Morgan fingerprint density at radius 2 is 2.26 bits per heavy atom. The number of pyridine rings is 1.